The molecule has 0 bridgehead atoms. The number of fused-ring (bicyclic) bond motifs is 1. The zero-order valence-corrected chi connectivity index (χ0v) is 7.35. The summed E-state index contributed by atoms with van der Waals surface area (Å²) in [4.78, 5) is 0. The number of hydrogen-bond acceptors (Lipinski definition) is 4. The molecule has 0 amide bonds. The molecule has 1 aliphatic rings. The molecule has 1 aliphatic heterocycles. The molecule has 1 aromatic heterocycles. The molecule has 5 heteroatoms. The minimum absolute atomic E-state index is 0.0465. The number of aryl methyl sites for hydroxylation is 1. The summed E-state index contributed by atoms with van der Waals surface area (Å²) in [6.45, 7) is 0.0465. The van der Waals surface area contributed by atoms with Gasteiger partial charge in [0, 0.05) is 12.8 Å². The van der Waals surface area contributed by atoms with Gasteiger partial charge in [0.15, 0.2) is 0 Å². The van der Waals surface area contributed by atoms with Crippen LogP contribution in [0, 0.1) is 0 Å². The number of hydrogen-bond donors (Lipinski definition) is 2. The molecule has 1 aromatic rings. The predicted octanol–water partition coefficient (Wildman–Crippen LogP) is -0.360. The van der Waals surface area contributed by atoms with E-state index in [2.05, 4.69) is 10.2 Å². The van der Waals surface area contributed by atoms with Crippen LogP contribution in [0.4, 0.5) is 0 Å². The van der Waals surface area contributed by atoms with Gasteiger partial charge in [-0.25, -0.2) is 0 Å². The molecule has 5 nitrogen and oxygen atoms in total. The normalized spacial score (nSPS) is 21.5. The van der Waals surface area contributed by atoms with Gasteiger partial charge in [-0.1, -0.05) is 0 Å². The Balaban J connectivity index is 2.32. The van der Waals surface area contributed by atoms with E-state index in [1.165, 1.54) is 0 Å². The highest BCUT2D eigenvalue weighted by atomic mass is 16.3. The van der Waals surface area contributed by atoms with Gasteiger partial charge in [-0.3, -0.25) is 4.57 Å². The largest absolute Gasteiger partial charge is 0.396 e. The van der Waals surface area contributed by atoms with Gasteiger partial charge in [0.05, 0.1) is 6.61 Å². The Labute approximate surface area is 76.0 Å². The molecule has 0 saturated carbocycles. The number of rotatable bonds is 2. The molecule has 0 spiro atoms. The molecule has 0 fully saturated rings. The summed E-state index contributed by atoms with van der Waals surface area (Å²) >= 11 is 0. The highest BCUT2D eigenvalue weighted by molar-refractivity contribution is 5.00. The molecule has 2 N–H and O–H groups in total. The summed E-state index contributed by atoms with van der Waals surface area (Å²) < 4.78 is 1.74. The first-order valence-electron chi connectivity index (χ1n) is 4.54. The van der Waals surface area contributed by atoms with Crippen LogP contribution in [-0.4, -0.2) is 31.6 Å². The van der Waals surface area contributed by atoms with E-state index in [1.54, 1.807) is 4.57 Å². The standard InChI is InChI=1S/C8H13N3O2/c12-5-4-7-10-9-6-2-1-3-8(13)11(6)7/h8,12-13H,1-5H2. The molecule has 2 heterocycles. The van der Waals surface area contributed by atoms with Gasteiger partial charge in [-0.2, -0.15) is 0 Å². The maximum atomic E-state index is 9.66. The van der Waals surface area contributed by atoms with E-state index in [1.807, 2.05) is 0 Å². The van der Waals surface area contributed by atoms with E-state index >= 15 is 0 Å². The summed E-state index contributed by atoms with van der Waals surface area (Å²) in [6, 6.07) is 0. The monoisotopic (exact) mass is 183 g/mol. The summed E-state index contributed by atoms with van der Waals surface area (Å²) in [5.74, 6) is 1.52. The van der Waals surface area contributed by atoms with Crippen LogP contribution in [0.25, 0.3) is 0 Å². The van der Waals surface area contributed by atoms with Gasteiger partial charge in [-0.15, -0.1) is 10.2 Å². The minimum atomic E-state index is -0.500. The lowest BCUT2D eigenvalue weighted by Crippen LogP contribution is -2.20. The molecule has 0 aromatic carbocycles. The van der Waals surface area contributed by atoms with Crippen LogP contribution in [0.2, 0.25) is 0 Å². The molecule has 1 atom stereocenters. The van der Waals surface area contributed by atoms with E-state index in [9.17, 15) is 5.11 Å². The van der Waals surface area contributed by atoms with Gasteiger partial charge >= 0.3 is 0 Å². The van der Waals surface area contributed by atoms with Crippen LogP contribution in [0.15, 0.2) is 0 Å². The second kappa shape index (κ2) is 3.43. The Bertz CT molecular complexity index is 298. The van der Waals surface area contributed by atoms with Crippen LogP contribution in [0.3, 0.4) is 0 Å². The van der Waals surface area contributed by atoms with Crippen LogP contribution in [-0.2, 0) is 12.8 Å². The van der Waals surface area contributed by atoms with Gasteiger partial charge in [-0.05, 0) is 12.8 Å². The highest BCUT2D eigenvalue weighted by Crippen LogP contribution is 2.22. The van der Waals surface area contributed by atoms with Crippen molar-refractivity contribution in [2.24, 2.45) is 0 Å². The first-order valence-corrected chi connectivity index (χ1v) is 4.54. The Morgan fingerprint density at radius 2 is 2.31 bits per heavy atom. The quantitative estimate of drug-likeness (QED) is 0.657. The van der Waals surface area contributed by atoms with E-state index in [0.717, 1.165) is 25.1 Å². The lowest BCUT2D eigenvalue weighted by atomic mass is 10.1. The number of aliphatic hydroxyl groups is 2. The SMILES string of the molecule is OCCc1nnc2n1C(O)CCC2. The van der Waals surface area contributed by atoms with Crippen molar-refractivity contribution in [3.05, 3.63) is 11.6 Å². The van der Waals surface area contributed by atoms with Crippen molar-refractivity contribution in [3.63, 3.8) is 0 Å². The number of nitrogens with zero attached hydrogens (tertiary/aromatic N) is 3. The molecular weight excluding hydrogens is 170 g/mol. The summed E-state index contributed by atoms with van der Waals surface area (Å²) in [6.07, 6.45) is 2.54. The molecule has 13 heavy (non-hydrogen) atoms. The lowest BCUT2D eigenvalue weighted by molar-refractivity contribution is 0.0742. The van der Waals surface area contributed by atoms with E-state index in [4.69, 9.17) is 5.11 Å². The Kier molecular flexibility index (Phi) is 2.28. The van der Waals surface area contributed by atoms with Crippen molar-refractivity contribution in [1.29, 1.82) is 0 Å². The zero-order chi connectivity index (χ0) is 9.26. The molecule has 2 rings (SSSR count). The highest BCUT2D eigenvalue weighted by Gasteiger charge is 2.21. The second-order valence-electron chi connectivity index (χ2n) is 3.25. The lowest BCUT2D eigenvalue weighted by Gasteiger charge is -2.20. The zero-order valence-electron chi connectivity index (χ0n) is 7.35. The first kappa shape index (κ1) is 8.65. The molecule has 72 valence electrons. The third-order valence-corrected chi connectivity index (χ3v) is 2.33. The average Bonchev–Trinajstić information content (AvgIpc) is 2.51. The smallest absolute Gasteiger partial charge is 0.137 e. The van der Waals surface area contributed by atoms with Crippen molar-refractivity contribution in [2.45, 2.75) is 31.9 Å². The van der Waals surface area contributed by atoms with E-state index in [-0.39, 0.29) is 6.61 Å². The van der Waals surface area contributed by atoms with Gasteiger partial charge in [0.1, 0.15) is 17.9 Å². The maximum absolute atomic E-state index is 9.66. The Morgan fingerprint density at radius 1 is 1.46 bits per heavy atom. The van der Waals surface area contributed by atoms with Crippen LogP contribution < -0.4 is 0 Å². The van der Waals surface area contributed by atoms with Crippen molar-refractivity contribution < 1.29 is 10.2 Å². The average molecular weight is 183 g/mol. The van der Waals surface area contributed by atoms with Gasteiger partial charge < -0.3 is 10.2 Å². The number of aliphatic hydroxyl groups excluding tert-OH is 2. The number of aromatic nitrogens is 3. The third kappa shape index (κ3) is 1.45. The Hall–Kier alpha value is -0.940. The molecular formula is C8H13N3O2. The minimum Gasteiger partial charge on any atom is -0.396 e. The van der Waals surface area contributed by atoms with Gasteiger partial charge in [0.2, 0.25) is 0 Å². The molecule has 1 unspecified atom stereocenters. The van der Waals surface area contributed by atoms with Crippen molar-refractivity contribution in [2.75, 3.05) is 6.61 Å². The van der Waals surface area contributed by atoms with E-state index < -0.39 is 6.23 Å². The fraction of sp³-hybridized carbons (Fsp3) is 0.750. The van der Waals surface area contributed by atoms with Crippen LogP contribution in [0.1, 0.15) is 30.7 Å². The third-order valence-electron chi connectivity index (χ3n) is 2.33. The first-order chi connectivity index (χ1) is 6.33. The summed E-state index contributed by atoms with van der Waals surface area (Å²) in [5, 5.41) is 26.3. The van der Waals surface area contributed by atoms with Crippen LogP contribution in [0.5, 0.6) is 0 Å². The van der Waals surface area contributed by atoms with Crippen molar-refractivity contribution in [1.82, 2.24) is 14.8 Å². The van der Waals surface area contributed by atoms with Gasteiger partial charge in [0.25, 0.3) is 0 Å². The Morgan fingerprint density at radius 3 is 3.08 bits per heavy atom. The molecule has 0 saturated heterocycles. The van der Waals surface area contributed by atoms with E-state index in [0.29, 0.717) is 12.2 Å². The maximum Gasteiger partial charge on any atom is 0.137 e. The fourth-order valence-electron chi connectivity index (χ4n) is 1.72. The van der Waals surface area contributed by atoms with Crippen LogP contribution >= 0.6 is 0 Å². The predicted molar refractivity (Wildman–Crippen MR) is 45.0 cm³/mol. The van der Waals surface area contributed by atoms with Crippen molar-refractivity contribution >= 4 is 0 Å². The molecule has 0 aliphatic carbocycles. The topological polar surface area (TPSA) is 71.2 Å². The van der Waals surface area contributed by atoms with Crippen molar-refractivity contribution in [3.8, 4) is 0 Å². The fourth-order valence-corrected chi connectivity index (χ4v) is 1.72. The molecule has 0 radical (unpaired) electrons. The summed E-state index contributed by atoms with van der Waals surface area (Å²) in [7, 11) is 0. The second-order valence-corrected chi connectivity index (χ2v) is 3.25. The summed E-state index contributed by atoms with van der Waals surface area (Å²) in [5.41, 5.74) is 0.